The number of rotatable bonds is 8. The first-order valence-corrected chi connectivity index (χ1v) is 12.4. The molecule has 0 amide bonds. The Balaban J connectivity index is 0.00000338. The van der Waals surface area contributed by atoms with Crippen molar-refractivity contribution in [2.75, 3.05) is 18.9 Å². The largest absolute Gasteiger partial charge is 0.391 e. The molecule has 26 heavy (non-hydrogen) atoms. The summed E-state index contributed by atoms with van der Waals surface area (Å²) in [6.45, 7) is 2.28. The third-order valence-corrected chi connectivity index (χ3v) is 8.52. The molecule has 0 spiro atoms. The minimum absolute atomic E-state index is 0. The van der Waals surface area contributed by atoms with E-state index in [1.54, 1.807) is 0 Å². The summed E-state index contributed by atoms with van der Waals surface area (Å²) in [5.41, 5.74) is 1.03. The molecule has 1 fully saturated rings. The van der Waals surface area contributed by atoms with Crippen LogP contribution in [0.5, 0.6) is 0 Å². The summed E-state index contributed by atoms with van der Waals surface area (Å²) in [5.74, 6) is 0.345. The Morgan fingerprint density at radius 2 is 2.00 bits per heavy atom. The van der Waals surface area contributed by atoms with Gasteiger partial charge in [0.2, 0.25) is 7.37 Å². The number of nitrogens with one attached hydrogen (secondary N) is 1. The lowest BCUT2D eigenvalue weighted by Gasteiger charge is -2.25. The first-order chi connectivity index (χ1) is 11.8. The van der Waals surface area contributed by atoms with Crippen LogP contribution in [-0.2, 0) is 4.57 Å². The van der Waals surface area contributed by atoms with Crippen LogP contribution in [0.25, 0.3) is 0 Å². The van der Waals surface area contributed by atoms with Gasteiger partial charge in [0.15, 0.2) is 0 Å². The van der Waals surface area contributed by atoms with Crippen LogP contribution in [0.15, 0.2) is 18.2 Å². The molecule has 3 N–H and O–H groups in total. The van der Waals surface area contributed by atoms with Gasteiger partial charge >= 0.3 is 0 Å². The molecule has 0 bridgehead atoms. The van der Waals surface area contributed by atoms with Gasteiger partial charge in [-0.05, 0) is 66.0 Å². The van der Waals surface area contributed by atoms with Gasteiger partial charge < -0.3 is 15.3 Å². The van der Waals surface area contributed by atoms with Crippen molar-refractivity contribution >= 4 is 54.0 Å². The molecule has 2 rings (SSSR count). The molecule has 150 valence electrons. The summed E-state index contributed by atoms with van der Waals surface area (Å²) in [7, 11) is -3.28. The molecule has 0 saturated heterocycles. The van der Waals surface area contributed by atoms with Crippen molar-refractivity contribution in [3.63, 3.8) is 0 Å². The summed E-state index contributed by atoms with van der Waals surface area (Å²) >= 11 is 8.33. The van der Waals surface area contributed by atoms with E-state index in [-0.39, 0.29) is 24.6 Å². The summed E-state index contributed by atoms with van der Waals surface area (Å²) < 4.78 is 13.4. The lowest BCUT2D eigenvalue weighted by molar-refractivity contribution is 0.186. The molecule has 3 unspecified atom stereocenters. The van der Waals surface area contributed by atoms with Gasteiger partial charge in [0, 0.05) is 22.3 Å². The molecule has 4 nitrogen and oxygen atoms in total. The van der Waals surface area contributed by atoms with E-state index in [2.05, 4.69) is 27.9 Å². The van der Waals surface area contributed by atoms with E-state index in [0.29, 0.717) is 23.6 Å². The highest BCUT2D eigenvalue weighted by Crippen LogP contribution is 2.45. The van der Waals surface area contributed by atoms with Crippen molar-refractivity contribution in [2.45, 2.75) is 51.2 Å². The van der Waals surface area contributed by atoms with Gasteiger partial charge in [-0.15, -0.1) is 12.4 Å². The maximum atomic E-state index is 12.4. The topological polar surface area (TPSA) is 69.6 Å². The normalized spacial score (nSPS) is 20.0. The van der Waals surface area contributed by atoms with Crippen molar-refractivity contribution < 1.29 is 14.6 Å². The highest BCUT2D eigenvalue weighted by molar-refractivity contribution is 14.1. The lowest BCUT2D eigenvalue weighted by atomic mass is 9.91. The van der Waals surface area contributed by atoms with Crippen LogP contribution in [0.4, 0.5) is 0 Å². The fraction of sp³-hybridized carbons (Fsp3) is 0.667. The smallest absolute Gasteiger partial charge is 0.203 e. The van der Waals surface area contributed by atoms with Gasteiger partial charge in [0.25, 0.3) is 0 Å². The van der Waals surface area contributed by atoms with E-state index in [1.165, 1.54) is 6.42 Å². The Morgan fingerprint density at radius 3 is 2.62 bits per heavy atom. The molecule has 0 aromatic heterocycles. The van der Waals surface area contributed by atoms with Gasteiger partial charge in [0.05, 0.1) is 17.3 Å². The molecule has 0 radical (unpaired) electrons. The van der Waals surface area contributed by atoms with Crippen LogP contribution in [0, 0.1) is 9.49 Å². The second-order valence-corrected chi connectivity index (χ2v) is 11.2. The SMILES string of the molecule is CC(NCC(O)CP(=O)(O)CC1CCCCC1)c1ccc(I)c(Cl)c1.Cl. The van der Waals surface area contributed by atoms with E-state index in [1.807, 2.05) is 25.1 Å². The first-order valence-electron chi connectivity index (χ1n) is 8.94. The molecule has 0 heterocycles. The zero-order valence-corrected chi connectivity index (χ0v) is 19.7. The van der Waals surface area contributed by atoms with Crippen LogP contribution in [0.2, 0.25) is 5.02 Å². The molecule has 1 aromatic rings. The summed E-state index contributed by atoms with van der Waals surface area (Å²) in [6, 6.07) is 5.88. The fourth-order valence-electron chi connectivity index (χ4n) is 3.45. The van der Waals surface area contributed by atoms with Crippen molar-refractivity contribution in [2.24, 2.45) is 5.92 Å². The maximum absolute atomic E-state index is 12.4. The Kier molecular flexibility index (Phi) is 11.0. The van der Waals surface area contributed by atoms with Gasteiger partial charge in [-0.1, -0.05) is 36.9 Å². The number of hydrogen-bond acceptors (Lipinski definition) is 3. The van der Waals surface area contributed by atoms with Gasteiger partial charge in [-0.25, -0.2) is 0 Å². The Labute approximate surface area is 181 Å². The average molecular weight is 536 g/mol. The number of benzene rings is 1. The average Bonchev–Trinajstić information content (AvgIpc) is 2.55. The molecular formula is C18H29Cl2INO3P. The highest BCUT2D eigenvalue weighted by atomic mass is 127. The number of hydrogen-bond donors (Lipinski definition) is 3. The van der Waals surface area contributed by atoms with E-state index < -0.39 is 13.5 Å². The van der Waals surface area contributed by atoms with Crippen molar-refractivity contribution in [1.29, 1.82) is 0 Å². The molecule has 8 heteroatoms. The minimum Gasteiger partial charge on any atom is -0.391 e. The van der Waals surface area contributed by atoms with Gasteiger partial charge in [-0.2, -0.15) is 0 Å². The first kappa shape index (κ1) is 24.7. The van der Waals surface area contributed by atoms with Crippen LogP contribution >= 0.6 is 54.0 Å². The predicted molar refractivity (Wildman–Crippen MR) is 120 cm³/mol. The van der Waals surface area contributed by atoms with E-state index in [0.717, 1.165) is 34.8 Å². The minimum atomic E-state index is -3.28. The molecule has 1 saturated carbocycles. The van der Waals surface area contributed by atoms with E-state index in [9.17, 15) is 14.6 Å². The quantitative estimate of drug-likeness (QED) is 0.315. The molecule has 1 aliphatic carbocycles. The van der Waals surface area contributed by atoms with Gasteiger partial charge in [-0.3, -0.25) is 4.57 Å². The number of aliphatic hydroxyl groups excluding tert-OH is 1. The highest BCUT2D eigenvalue weighted by Gasteiger charge is 2.28. The molecule has 1 aliphatic rings. The standard InChI is InChI=1S/C18H28ClINO3P.ClH/c1-13(15-7-8-18(20)17(19)9-15)21-10-16(22)12-25(23,24)11-14-5-3-2-4-6-14;/h7-9,13-14,16,21-22H,2-6,10-12H2,1H3,(H,23,24);1H. The maximum Gasteiger partial charge on any atom is 0.203 e. The third kappa shape index (κ3) is 8.34. The monoisotopic (exact) mass is 535 g/mol. The Hall–Kier alpha value is 0.640. The van der Waals surface area contributed by atoms with Crippen molar-refractivity contribution in [3.05, 3.63) is 32.4 Å². The van der Waals surface area contributed by atoms with E-state index >= 15 is 0 Å². The second-order valence-electron chi connectivity index (χ2n) is 7.17. The summed E-state index contributed by atoms with van der Waals surface area (Å²) in [6.07, 6.45) is 5.14. The zero-order valence-electron chi connectivity index (χ0n) is 15.0. The predicted octanol–water partition coefficient (Wildman–Crippen LogP) is 5.23. The lowest BCUT2D eigenvalue weighted by Crippen LogP contribution is -2.32. The van der Waals surface area contributed by atoms with Crippen LogP contribution in [-0.4, -0.2) is 35.0 Å². The Morgan fingerprint density at radius 1 is 1.35 bits per heavy atom. The molecule has 0 aliphatic heterocycles. The van der Waals surface area contributed by atoms with Crippen LogP contribution < -0.4 is 5.32 Å². The van der Waals surface area contributed by atoms with Gasteiger partial charge in [0.1, 0.15) is 0 Å². The third-order valence-electron chi connectivity index (χ3n) is 4.87. The second kappa shape index (κ2) is 11.6. The number of aliphatic hydroxyl groups is 1. The summed E-state index contributed by atoms with van der Waals surface area (Å²) in [5, 5.41) is 14.1. The van der Waals surface area contributed by atoms with Crippen molar-refractivity contribution in [3.8, 4) is 0 Å². The number of halogens is 3. The van der Waals surface area contributed by atoms with Crippen molar-refractivity contribution in [1.82, 2.24) is 5.32 Å². The fourth-order valence-corrected chi connectivity index (χ4v) is 6.09. The van der Waals surface area contributed by atoms with E-state index in [4.69, 9.17) is 11.6 Å². The molecular weight excluding hydrogens is 507 g/mol. The van der Waals surface area contributed by atoms with Crippen LogP contribution in [0.1, 0.15) is 50.6 Å². The molecule has 3 atom stereocenters. The summed E-state index contributed by atoms with van der Waals surface area (Å²) in [4.78, 5) is 10.2. The molecule has 1 aromatic carbocycles. The Bertz CT molecular complexity index is 614. The zero-order chi connectivity index (χ0) is 18.4. The van der Waals surface area contributed by atoms with Crippen LogP contribution in [0.3, 0.4) is 0 Å².